The molecule has 0 saturated heterocycles. The first-order chi connectivity index (χ1) is 31.2. The Morgan fingerprint density at radius 2 is 0.873 bits per heavy atom. The topological polar surface area (TPSA) is 61.0 Å². The minimum Gasteiger partial charge on any atom is -0.457 e. The molecule has 9 aromatic carbocycles. The first-order valence-corrected chi connectivity index (χ1v) is 21.3. The second-order valence-corrected chi connectivity index (χ2v) is 16.3. The molecule has 1 aliphatic heterocycles. The average Bonchev–Trinajstić information content (AvgIpc) is 3.68. The van der Waals surface area contributed by atoms with E-state index in [1.807, 2.05) is 36.4 Å². The summed E-state index contributed by atoms with van der Waals surface area (Å²) in [5.74, 6) is 3.39. The van der Waals surface area contributed by atoms with Crippen molar-refractivity contribution in [3.8, 4) is 79.0 Å². The lowest BCUT2D eigenvalue weighted by atomic mass is 9.62. The summed E-state index contributed by atoms with van der Waals surface area (Å²) < 4.78 is 13.7. The molecule has 1 atom stereocenters. The molecule has 3 heterocycles. The minimum absolute atomic E-state index is 0.584. The van der Waals surface area contributed by atoms with E-state index in [4.69, 9.17) is 24.1 Å². The lowest BCUT2D eigenvalue weighted by Gasteiger charge is -2.42. The molecule has 0 fully saturated rings. The van der Waals surface area contributed by atoms with Crippen LogP contribution in [0.2, 0.25) is 0 Å². The number of nitrogens with zero attached hydrogens (tertiary/aromatic N) is 3. The summed E-state index contributed by atoms with van der Waals surface area (Å²) >= 11 is 0. The van der Waals surface area contributed by atoms with Gasteiger partial charge in [0.2, 0.25) is 0 Å². The monoisotopic (exact) mass is 805 g/mol. The van der Waals surface area contributed by atoms with Gasteiger partial charge in [0.1, 0.15) is 22.7 Å². The quantitative estimate of drug-likeness (QED) is 0.177. The van der Waals surface area contributed by atoms with Gasteiger partial charge in [-0.05, 0) is 80.9 Å². The Kier molecular flexibility index (Phi) is 7.75. The van der Waals surface area contributed by atoms with Crippen molar-refractivity contribution in [3.63, 3.8) is 0 Å². The molecule has 1 aliphatic carbocycles. The van der Waals surface area contributed by atoms with Gasteiger partial charge >= 0.3 is 0 Å². The first-order valence-electron chi connectivity index (χ1n) is 21.3. The SMILES string of the molecule is c1ccc(-c2cccc(-c3nc(-c4ccccc4)nc(-c4ccc5c(c4)C4(c6ccccc6Oc6cc7c(cc64)oc4ccccc47)c4ccccc4-c4ccccc4-5)n3)c2)cc1. The van der Waals surface area contributed by atoms with E-state index in [0.29, 0.717) is 17.5 Å². The van der Waals surface area contributed by atoms with Gasteiger partial charge in [-0.25, -0.2) is 15.0 Å². The second-order valence-electron chi connectivity index (χ2n) is 16.3. The number of ether oxygens (including phenoxy) is 1. The predicted molar refractivity (Wildman–Crippen MR) is 252 cm³/mol. The maximum atomic E-state index is 6.99. The van der Waals surface area contributed by atoms with E-state index in [-0.39, 0.29) is 0 Å². The highest BCUT2D eigenvalue weighted by molar-refractivity contribution is 6.06. The fraction of sp³-hybridized carbons (Fsp3) is 0.0172. The third-order valence-corrected chi connectivity index (χ3v) is 12.8. The number of furan rings is 1. The van der Waals surface area contributed by atoms with E-state index in [1.165, 1.54) is 5.56 Å². The fourth-order valence-electron chi connectivity index (χ4n) is 10.0. The van der Waals surface area contributed by atoms with Gasteiger partial charge in [-0.3, -0.25) is 0 Å². The fourth-order valence-corrected chi connectivity index (χ4v) is 10.0. The van der Waals surface area contributed by atoms with Crippen molar-refractivity contribution >= 4 is 21.9 Å². The molecule has 0 saturated carbocycles. The van der Waals surface area contributed by atoms with Gasteiger partial charge in [0.15, 0.2) is 17.5 Å². The van der Waals surface area contributed by atoms with Gasteiger partial charge in [-0.15, -0.1) is 0 Å². The van der Waals surface area contributed by atoms with Gasteiger partial charge in [0.05, 0.1) is 5.41 Å². The van der Waals surface area contributed by atoms with Crippen molar-refractivity contribution in [2.45, 2.75) is 5.41 Å². The Hall–Kier alpha value is -8.41. The second kappa shape index (κ2) is 13.8. The molecule has 63 heavy (non-hydrogen) atoms. The van der Waals surface area contributed by atoms with Crippen LogP contribution in [0.25, 0.3) is 89.5 Å². The molecule has 13 rings (SSSR count). The number of rotatable bonds is 4. The summed E-state index contributed by atoms with van der Waals surface area (Å²) in [5, 5.41) is 2.07. The molecule has 2 aliphatic rings. The van der Waals surface area contributed by atoms with Crippen molar-refractivity contribution in [2.75, 3.05) is 0 Å². The molecule has 5 heteroatoms. The lowest BCUT2D eigenvalue weighted by molar-refractivity contribution is 0.435. The van der Waals surface area contributed by atoms with Crippen LogP contribution in [0, 0.1) is 0 Å². The van der Waals surface area contributed by atoms with Crippen LogP contribution in [0.4, 0.5) is 0 Å². The van der Waals surface area contributed by atoms with Gasteiger partial charge in [0, 0.05) is 38.6 Å². The third kappa shape index (κ3) is 5.40. The Bertz CT molecular complexity index is 3610. The summed E-state index contributed by atoms with van der Waals surface area (Å²) in [6, 6.07) is 74.5. The molecular weight excluding hydrogens is 771 g/mol. The first kappa shape index (κ1) is 35.4. The molecule has 11 aromatic rings. The van der Waals surface area contributed by atoms with Gasteiger partial charge in [-0.1, -0.05) is 176 Å². The third-order valence-electron chi connectivity index (χ3n) is 12.8. The standard InChI is InChI=1S/C58H35N3O2/c1-3-16-36(17-4-1)38-20-15-21-39(32-38)56-59-55(37-18-5-2-6-19-37)60-57(61-56)40-30-31-44-42-23-8-7-22-41(42)43-24-9-11-26-47(43)58(49(44)33-40)48-27-12-14-29-52(48)63-54-34-46-45-25-10-13-28-51(45)62-53(46)35-50(54)58/h1-35H. The van der Waals surface area contributed by atoms with Crippen LogP contribution in [0.15, 0.2) is 217 Å². The maximum absolute atomic E-state index is 6.99. The van der Waals surface area contributed by atoms with E-state index < -0.39 is 5.41 Å². The Morgan fingerprint density at radius 1 is 0.302 bits per heavy atom. The molecule has 0 radical (unpaired) electrons. The Morgan fingerprint density at radius 3 is 1.65 bits per heavy atom. The van der Waals surface area contributed by atoms with E-state index in [1.54, 1.807) is 0 Å². The molecular formula is C58H35N3O2. The zero-order chi connectivity index (χ0) is 41.5. The number of hydrogen-bond acceptors (Lipinski definition) is 5. The van der Waals surface area contributed by atoms with Crippen LogP contribution in [-0.2, 0) is 5.41 Å². The number of aromatic nitrogens is 3. The summed E-state index contributed by atoms with van der Waals surface area (Å²) in [5.41, 5.74) is 14.6. The molecule has 0 bridgehead atoms. The zero-order valence-corrected chi connectivity index (χ0v) is 33.9. The van der Waals surface area contributed by atoms with Crippen molar-refractivity contribution < 1.29 is 9.15 Å². The Labute approximate surface area is 363 Å². The van der Waals surface area contributed by atoms with E-state index in [2.05, 4.69) is 176 Å². The van der Waals surface area contributed by atoms with Gasteiger partial charge < -0.3 is 9.15 Å². The number of fused-ring (bicyclic) bond motifs is 14. The highest BCUT2D eigenvalue weighted by Gasteiger charge is 2.49. The summed E-state index contributed by atoms with van der Waals surface area (Å²) in [6.07, 6.45) is 0. The van der Waals surface area contributed by atoms with E-state index in [9.17, 15) is 0 Å². The molecule has 5 nitrogen and oxygen atoms in total. The normalized spacial score (nSPS) is 14.5. The average molecular weight is 806 g/mol. The number of para-hydroxylation sites is 2. The van der Waals surface area contributed by atoms with Crippen LogP contribution in [0.1, 0.15) is 22.3 Å². The van der Waals surface area contributed by atoms with Gasteiger partial charge in [-0.2, -0.15) is 0 Å². The van der Waals surface area contributed by atoms with E-state index >= 15 is 0 Å². The van der Waals surface area contributed by atoms with Crippen LogP contribution in [0.5, 0.6) is 11.5 Å². The molecule has 0 amide bonds. The van der Waals surface area contributed by atoms with Crippen molar-refractivity contribution in [3.05, 3.63) is 235 Å². The largest absolute Gasteiger partial charge is 0.457 e. The summed E-state index contributed by atoms with van der Waals surface area (Å²) in [6.45, 7) is 0. The molecule has 0 N–H and O–H groups in total. The van der Waals surface area contributed by atoms with Crippen molar-refractivity contribution in [2.24, 2.45) is 0 Å². The van der Waals surface area contributed by atoms with Crippen LogP contribution in [-0.4, -0.2) is 15.0 Å². The number of hydrogen-bond donors (Lipinski definition) is 0. The number of benzene rings is 9. The van der Waals surface area contributed by atoms with E-state index in [0.717, 1.165) is 100 Å². The molecule has 294 valence electrons. The minimum atomic E-state index is -0.861. The highest BCUT2D eigenvalue weighted by Crippen LogP contribution is 2.61. The smallest absolute Gasteiger partial charge is 0.164 e. The molecule has 1 unspecified atom stereocenters. The zero-order valence-electron chi connectivity index (χ0n) is 33.9. The van der Waals surface area contributed by atoms with Crippen molar-refractivity contribution in [1.29, 1.82) is 0 Å². The van der Waals surface area contributed by atoms with Crippen LogP contribution in [0.3, 0.4) is 0 Å². The van der Waals surface area contributed by atoms with Crippen LogP contribution < -0.4 is 4.74 Å². The highest BCUT2D eigenvalue weighted by atomic mass is 16.5. The Balaban J connectivity index is 1.12. The van der Waals surface area contributed by atoms with Crippen LogP contribution >= 0.6 is 0 Å². The summed E-state index contributed by atoms with van der Waals surface area (Å²) in [4.78, 5) is 15.7. The molecule has 1 spiro atoms. The van der Waals surface area contributed by atoms with Gasteiger partial charge in [0.25, 0.3) is 0 Å². The predicted octanol–water partition coefficient (Wildman–Crippen LogP) is 14.6. The maximum Gasteiger partial charge on any atom is 0.164 e. The summed E-state index contributed by atoms with van der Waals surface area (Å²) in [7, 11) is 0. The lowest BCUT2D eigenvalue weighted by Crippen LogP contribution is -2.34. The van der Waals surface area contributed by atoms with Crippen molar-refractivity contribution in [1.82, 2.24) is 15.0 Å². The molecule has 2 aromatic heterocycles.